The highest BCUT2D eigenvalue weighted by atomic mass is 32.1. The summed E-state index contributed by atoms with van der Waals surface area (Å²) in [6.45, 7) is 4.14. The number of likely N-dealkylation sites (N-methyl/N-ethyl adjacent to an activating group) is 1. The van der Waals surface area contributed by atoms with Crippen molar-refractivity contribution in [2.45, 2.75) is 45.2 Å². The van der Waals surface area contributed by atoms with Gasteiger partial charge in [0.2, 0.25) is 5.91 Å². The average molecular weight is 254 g/mol. The number of unbranched alkanes of at least 4 members (excludes halogenated alkanes) is 1. The number of thiophene rings is 1. The van der Waals surface area contributed by atoms with Crippen molar-refractivity contribution >= 4 is 17.2 Å². The quantitative estimate of drug-likeness (QED) is 0.848. The van der Waals surface area contributed by atoms with Crippen LogP contribution in [-0.2, 0) is 4.79 Å². The van der Waals surface area contributed by atoms with E-state index in [2.05, 4.69) is 13.0 Å². The van der Waals surface area contributed by atoms with E-state index in [1.165, 1.54) is 4.88 Å². The topological polar surface area (TPSA) is 46.3 Å². The third-order valence-electron chi connectivity index (χ3n) is 3.07. The lowest BCUT2D eigenvalue weighted by molar-refractivity contribution is -0.133. The van der Waals surface area contributed by atoms with E-state index in [-0.39, 0.29) is 18.0 Å². The summed E-state index contributed by atoms with van der Waals surface area (Å²) in [6.07, 6.45) is 2.86. The fraction of sp³-hybridized carbons (Fsp3) is 0.615. The van der Waals surface area contributed by atoms with Gasteiger partial charge < -0.3 is 10.6 Å². The van der Waals surface area contributed by atoms with Gasteiger partial charge >= 0.3 is 0 Å². The highest BCUT2D eigenvalue weighted by Gasteiger charge is 2.22. The summed E-state index contributed by atoms with van der Waals surface area (Å²) in [6, 6.07) is 3.81. The van der Waals surface area contributed by atoms with Crippen molar-refractivity contribution in [3.8, 4) is 0 Å². The first kappa shape index (κ1) is 14.2. The zero-order valence-corrected chi connectivity index (χ0v) is 11.7. The molecular weight excluding hydrogens is 232 g/mol. The van der Waals surface area contributed by atoms with Crippen molar-refractivity contribution in [3.63, 3.8) is 0 Å². The van der Waals surface area contributed by atoms with Crippen molar-refractivity contribution in [2.24, 2.45) is 5.73 Å². The van der Waals surface area contributed by atoms with Crippen LogP contribution in [0.4, 0.5) is 0 Å². The SMILES string of the molecule is CCCCC(N)C(=O)N(C)C(C)c1cccs1. The number of nitrogens with two attached hydrogens (primary N) is 1. The lowest BCUT2D eigenvalue weighted by Gasteiger charge is -2.27. The minimum absolute atomic E-state index is 0.0411. The second-order valence-electron chi connectivity index (χ2n) is 4.39. The molecule has 2 N–H and O–H groups in total. The van der Waals surface area contributed by atoms with Gasteiger partial charge in [-0.15, -0.1) is 11.3 Å². The Morgan fingerprint density at radius 1 is 1.59 bits per heavy atom. The van der Waals surface area contributed by atoms with E-state index in [0.29, 0.717) is 0 Å². The maximum atomic E-state index is 12.1. The first-order valence-corrected chi connectivity index (χ1v) is 7.01. The third kappa shape index (κ3) is 3.82. The van der Waals surface area contributed by atoms with Crippen LogP contribution in [0, 0.1) is 0 Å². The molecule has 3 nitrogen and oxygen atoms in total. The molecule has 0 aliphatic heterocycles. The average Bonchev–Trinajstić information content (AvgIpc) is 2.86. The van der Waals surface area contributed by atoms with E-state index in [1.807, 2.05) is 25.4 Å². The molecule has 17 heavy (non-hydrogen) atoms. The van der Waals surface area contributed by atoms with Crippen molar-refractivity contribution in [1.82, 2.24) is 4.90 Å². The maximum Gasteiger partial charge on any atom is 0.239 e. The van der Waals surface area contributed by atoms with Crippen LogP contribution in [-0.4, -0.2) is 23.9 Å². The largest absolute Gasteiger partial charge is 0.337 e. The smallest absolute Gasteiger partial charge is 0.239 e. The van der Waals surface area contributed by atoms with Crippen LogP contribution in [0.25, 0.3) is 0 Å². The molecule has 0 saturated carbocycles. The summed E-state index contributed by atoms with van der Waals surface area (Å²) in [7, 11) is 1.83. The number of nitrogens with zero attached hydrogens (tertiary/aromatic N) is 1. The molecule has 2 unspecified atom stereocenters. The first-order valence-electron chi connectivity index (χ1n) is 6.13. The summed E-state index contributed by atoms with van der Waals surface area (Å²) in [5, 5.41) is 2.03. The Morgan fingerprint density at radius 3 is 2.82 bits per heavy atom. The van der Waals surface area contributed by atoms with Crippen molar-refractivity contribution in [2.75, 3.05) is 7.05 Å². The van der Waals surface area contributed by atoms with E-state index < -0.39 is 0 Å². The van der Waals surface area contributed by atoms with Crippen LogP contribution >= 0.6 is 11.3 Å². The molecule has 0 saturated heterocycles. The van der Waals surface area contributed by atoms with Crippen molar-refractivity contribution in [1.29, 1.82) is 0 Å². The molecule has 0 aliphatic rings. The predicted molar refractivity (Wildman–Crippen MR) is 73.0 cm³/mol. The fourth-order valence-corrected chi connectivity index (χ4v) is 2.55. The molecule has 1 rings (SSSR count). The van der Waals surface area contributed by atoms with Gasteiger partial charge in [0.1, 0.15) is 0 Å². The standard InChI is InChI=1S/C13H22N2OS/c1-4-5-7-11(14)13(16)15(3)10(2)12-8-6-9-17-12/h6,8-11H,4-5,7,14H2,1-3H3. The second-order valence-corrected chi connectivity index (χ2v) is 5.37. The number of carbonyl (C=O) groups excluding carboxylic acids is 1. The first-order chi connectivity index (χ1) is 8.07. The molecule has 1 aromatic heterocycles. The summed E-state index contributed by atoms with van der Waals surface area (Å²) < 4.78 is 0. The van der Waals surface area contributed by atoms with E-state index in [9.17, 15) is 4.79 Å². The van der Waals surface area contributed by atoms with Crippen molar-refractivity contribution < 1.29 is 4.79 Å². The van der Waals surface area contributed by atoms with Gasteiger partial charge in [-0.2, -0.15) is 0 Å². The molecule has 4 heteroatoms. The van der Waals surface area contributed by atoms with Gasteiger partial charge in [-0.25, -0.2) is 0 Å². The van der Waals surface area contributed by atoms with E-state index in [1.54, 1.807) is 16.2 Å². The van der Waals surface area contributed by atoms with E-state index >= 15 is 0 Å². The monoisotopic (exact) mass is 254 g/mol. The van der Waals surface area contributed by atoms with Gasteiger partial charge in [-0.3, -0.25) is 4.79 Å². The zero-order valence-electron chi connectivity index (χ0n) is 10.8. The summed E-state index contributed by atoms with van der Waals surface area (Å²) in [5.74, 6) is 0.0411. The van der Waals surface area contributed by atoms with E-state index in [0.717, 1.165) is 19.3 Å². The molecule has 0 spiro atoms. The van der Waals surface area contributed by atoms with Gasteiger partial charge in [0.15, 0.2) is 0 Å². The molecule has 0 aliphatic carbocycles. The highest BCUT2D eigenvalue weighted by Crippen LogP contribution is 2.23. The Morgan fingerprint density at radius 2 is 2.29 bits per heavy atom. The summed E-state index contributed by atoms with van der Waals surface area (Å²) in [5.41, 5.74) is 5.91. The number of carbonyl (C=O) groups is 1. The van der Waals surface area contributed by atoms with Gasteiger partial charge in [-0.1, -0.05) is 25.8 Å². The molecule has 1 aromatic rings. The molecule has 0 bridgehead atoms. The number of hydrogen-bond acceptors (Lipinski definition) is 3. The second kappa shape index (κ2) is 6.77. The number of amides is 1. The lowest BCUT2D eigenvalue weighted by atomic mass is 10.1. The normalized spacial score (nSPS) is 14.4. The van der Waals surface area contributed by atoms with Gasteiger partial charge in [-0.05, 0) is 24.8 Å². The van der Waals surface area contributed by atoms with Crippen LogP contribution in [0.2, 0.25) is 0 Å². The van der Waals surface area contributed by atoms with Crippen LogP contribution in [0.1, 0.15) is 44.0 Å². The van der Waals surface area contributed by atoms with Crippen LogP contribution in [0.5, 0.6) is 0 Å². The Bertz CT molecular complexity index is 337. The maximum absolute atomic E-state index is 12.1. The Labute approximate surface area is 108 Å². The predicted octanol–water partition coefficient (Wildman–Crippen LogP) is 2.79. The number of hydrogen-bond donors (Lipinski definition) is 1. The third-order valence-corrected chi connectivity index (χ3v) is 4.11. The van der Waals surface area contributed by atoms with Crippen LogP contribution in [0.15, 0.2) is 17.5 Å². The Balaban J connectivity index is 2.57. The molecule has 0 aromatic carbocycles. The molecule has 96 valence electrons. The zero-order chi connectivity index (χ0) is 12.8. The van der Waals surface area contributed by atoms with Crippen LogP contribution < -0.4 is 5.73 Å². The minimum Gasteiger partial charge on any atom is -0.337 e. The Kier molecular flexibility index (Phi) is 5.65. The van der Waals surface area contributed by atoms with Gasteiger partial charge in [0.05, 0.1) is 12.1 Å². The van der Waals surface area contributed by atoms with Gasteiger partial charge in [0, 0.05) is 11.9 Å². The number of rotatable bonds is 6. The van der Waals surface area contributed by atoms with E-state index in [4.69, 9.17) is 5.73 Å². The molecular formula is C13H22N2OS. The van der Waals surface area contributed by atoms with Crippen molar-refractivity contribution in [3.05, 3.63) is 22.4 Å². The molecule has 1 amide bonds. The summed E-state index contributed by atoms with van der Waals surface area (Å²) in [4.78, 5) is 15.0. The minimum atomic E-state index is -0.359. The highest BCUT2D eigenvalue weighted by molar-refractivity contribution is 7.10. The molecule has 2 atom stereocenters. The van der Waals surface area contributed by atoms with Crippen LogP contribution in [0.3, 0.4) is 0 Å². The molecule has 0 fully saturated rings. The fourth-order valence-electron chi connectivity index (χ4n) is 1.72. The Hall–Kier alpha value is -0.870. The van der Waals surface area contributed by atoms with Gasteiger partial charge in [0.25, 0.3) is 0 Å². The summed E-state index contributed by atoms with van der Waals surface area (Å²) >= 11 is 1.67. The molecule has 1 heterocycles. The lowest BCUT2D eigenvalue weighted by Crippen LogP contribution is -2.42. The molecule has 0 radical (unpaired) electrons.